The smallest absolute Gasteiger partial charge is 0.356 e. The van der Waals surface area contributed by atoms with Crippen LogP contribution < -0.4 is 0 Å². The Hall–Kier alpha value is -1.23. The Morgan fingerprint density at radius 2 is 2.16 bits per heavy atom. The molecular weight excluding hydrogens is 262 g/mol. The SMILES string of the molecule is CCC1CCCC(c2nc(C(=O)O)c(C(C)=O)s2)C1. The van der Waals surface area contributed by atoms with Crippen molar-refractivity contribution in [1.82, 2.24) is 4.98 Å². The van der Waals surface area contributed by atoms with Crippen LogP contribution >= 0.6 is 11.3 Å². The van der Waals surface area contributed by atoms with E-state index in [0.717, 1.165) is 24.3 Å². The van der Waals surface area contributed by atoms with Crippen molar-refractivity contribution in [2.45, 2.75) is 51.9 Å². The average Bonchev–Trinajstić information content (AvgIpc) is 2.84. The van der Waals surface area contributed by atoms with Crippen molar-refractivity contribution in [1.29, 1.82) is 0 Å². The van der Waals surface area contributed by atoms with Gasteiger partial charge in [-0.25, -0.2) is 9.78 Å². The van der Waals surface area contributed by atoms with Crippen LogP contribution in [0.2, 0.25) is 0 Å². The molecule has 2 atom stereocenters. The summed E-state index contributed by atoms with van der Waals surface area (Å²) in [5.74, 6) is -0.272. The van der Waals surface area contributed by atoms with E-state index in [1.807, 2.05) is 0 Å². The topological polar surface area (TPSA) is 67.3 Å². The fourth-order valence-electron chi connectivity index (χ4n) is 2.78. The van der Waals surface area contributed by atoms with E-state index in [2.05, 4.69) is 11.9 Å². The first-order chi connectivity index (χ1) is 9.02. The standard InChI is InChI=1S/C14H19NO3S/c1-3-9-5-4-6-10(7-9)13-15-11(14(17)18)12(19-13)8(2)16/h9-10H,3-7H2,1-2H3,(H,17,18). The number of hydrogen-bond donors (Lipinski definition) is 1. The van der Waals surface area contributed by atoms with Crippen molar-refractivity contribution in [3.8, 4) is 0 Å². The maximum atomic E-state index is 11.5. The van der Waals surface area contributed by atoms with Crippen LogP contribution in [0.4, 0.5) is 0 Å². The number of carboxylic acids is 1. The zero-order valence-electron chi connectivity index (χ0n) is 11.3. The van der Waals surface area contributed by atoms with E-state index in [9.17, 15) is 9.59 Å². The summed E-state index contributed by atoms with van der Waals surface area (Å²) in [5.41, 5.74) is -0.0638. The number of aromatic nitrogens is 1. The van der Waals surface area contributed by atoms with Gasteiger partial charge in [0.2, 0.25) is 0 Å². The van der Waals surface area contributed by atoms with Crippen LogP contribution in [-0.2, 0) is 0 Å². The number of rotatable bonds is 4. The van der Waals surface area contributed by atoms with Gasteiger partial charge in [-0.3, -0.25) is 4.79 Å². The van der Waals surface area contributed by atoms with Crippen molar-refractivity contribution < 1.29 is 14.7 Å². The summed E-state index contributed by atoms with van der Waals surface area (Å²) in [7, 11) is 0. The number of thiazole rings is 1. The highest BCUT2D eigenvalue weighted by Gasteiger charge is 2.28. The van der Waals surface area contributed by atoms with Gasteiger partial charge in [-0.1, -0.05) is 26.2 Å². The molecule has 0 saturated heterocycles. The van der Waals surface area contributed by atoms with Gasteiger partial charge in [-0.05, 0) is 18.8 Å². The second kappa shape index (κ2) is 5.82. The third kappa shape index (κ3) is 3.03. The number of aromatic carboxylic acids is 1. The molecule has 104 valence electrons. The highest BCUT2D eigenvalue weighted by molar-refractivity contribution is 7.14. The van der Waals surface area contributed by atoms with E-state index in [0.29, 0.717) is 16.7 Å². The Labute approximate surface area is 116 Å². The zero-order chi connectivity index (χ0) is 14.0. The van der Waals surface area contributed by atoms with Gasteiger partial charge in [-0.2, -0.15) is 0 Å². The molecule has 1 aromatic rings. The average molecular weight is 281 g/mol. The van der Waals surface area contributed by atoms with Crippen LogP contribution in [0.15, 0.2) is 0 Å². The summed E-state index contributed by atoms with van der Waals surface area (Å²) in [6.07, 6.45) is 5.71. The molecule has 1 aliphatic carbocycles. The lowest BCUT2D eigenvalue weighted by Gasteiger charge is -2.26. The number of nitrogens with zero attached hydrogens (tertiary/aromatic N) is 1. The molecule has 1 fully saturated rings. The first kappa shape index (κ1) is 14.2. The molecule has 0 aromatic carbocycles. The Bertz CT molecular complexity index is 463. The summed E-state index contributed by atoms with van der Waals surface area (Å²) in [4.78, 5) is 27.1. The molecule has 0 amide bonds. The highest BCUT2D eigenvalue weighted by atomic mass is 32.1. The number of Topliss-reactive ketones (excluding diaryl/α,β-unsaturated/α-hetero) is 1. The molecule has 2 unspecified atom stereocenters. The monoisotopic (exact) mass is 281 g/mol. The second-order valence-electron chi connectivity index (χ2n) is 5.23. The van der Waals surface area contributed by atoms with E-state index in [1.165, 1.54) is 31.1 Å². The Balaban J connectivity index is 2.27. The predicted molar refractivity (Wildman–Crippen MR) is 74.1 cm³/mol. The summed E-state index contributed by atoms with van der Waals surface area (Å²) in [5, 5.41) is 9.95. The minimum Gasteiger partial charge on any atom is -0.476 e. The summed E-state index contributed by atoms with van der Waals surface area (Å²) in [6, 6.07) is 0. The fraction of sp³-hybridized carbons (Fsp3) is 0.643. The third-order valence-electron chi connectivity index (χ3n) is 3.88. The maximum absolute atomic E-state index is 11.5. The van der Waals surface area contributed by atoms with Gasteiger partial charge in [0.25, 0.3) is 0 Å². The Morgan fingerprint density at radius 3 is 2.68 bits per heavy atom. The molecule has 1 saturated carbocycles. The Morgan fingerprint density at radius 1 is 1.42 bits per heavy atom. The minimum atomic E-state index is -1.10. The van der Waals surface area contributed by atoms with Crippen LogP contribution in [0.3, 0.4) is 0 Å². The van der Waals surface area contributed by atoms with Gasteiger partial charge in [0.05, 0.1) is 5.01 Å². The summed E-state index contributed by atoms with van der Waals surface area (Å²) < 4.78 is 0. The van der Waals surface area contributed by atoms with Crippen molar-refractivity contribution in [3.63, 3.8) is 0 Å². The van der Waals surface area contributed by atoms with E-state index in [-0.39, 0.29) is 11.5 Å². The number of ketones is 1. The molecule has 5 heteroatoms. The molecule has 4 nitrogen and oxygen atoms in total. The normalized spacial score (nSPS) is 23.3. The van der Waals surface area contributed by atoms with Gasteiger partial charge in [0, 0.05) is 12.8 Å². The first-order valence-corrected chi connectivity index (χ1v) is 7.59. The molecule has 0 aliphatic heterocycles. The number of hydrogen-bond acceptors (Lipinski definition) is 4. The van der Waals surface area contributed by atoms with Gasteiger partial charge < -0.3 is 5.11 Å². The molecule has 0 radical (unpaired) electrons. The van der Waals surface area contributed by atoms with Crippen LogP contribution in [0, 0.1) is 5.92 Å². The van der Waals surface area contributed by atoms with Crippen molar-refractivity contribution in [3.05, 3.63) is 15.6 Å². The van der Waals surface area contributed by atoms with Gasteiger partial charge in [0.15, 0.2) is 11.5 Å². The molecule has 1 heterocycles. The zero-order valence-corrected chi connectivity index (χ0v) is 12.1. The molecule has 2 rings (SSSR count). The summed E-state index contributed by atoms with van der Waals surface area (Å²) in [6.45, 7) is 3.60. The van der Waals surface area contributed by atoms with Crippen molar-refractivity contribution in [2.24, 2.45) is 5.92 Å². The van der Waals surface area contributed by atoms with Gasteiger partial charge in [-0.15, -0.1) is 11.3 Å². The molecule has 1 N–H and O–H groups in total. The van der Waals surface area contributed by atoms with Crippen LogP contribution in [0.5, 0.6) is 0 Å². The molecule has 1 aromatic heterocycles. The molecule has 0 spiro atoms. The predicted octanol–water partition coefficient (Wildman–Crippen LogP) is 3.73. The van der Waals surface area contributed by atoms with E-state index >= 15 is 0 Å². The van der Waals surface area contributed by atoms with Crippen LogP contribution in [0.25, 0.3) is 0 Å². The molecule has 0 bridgehead atoms. The first-order valence-electron chi connectivity index (χ1n) is 6.77. The van der Waals surface area contributed by atoms with Crippen molar-refractivity contribution >= 4 is 23.1 Å². The lowest BCUT2D eigenvalue weighted by Crippen LogP contribution is -2.13. The maximum Gasteiger partial charge on any atom is 0.356 e. The lowest BCUT2D eigenvalue weighted by molar-refractivity contribution is 0.0686. The third-order valence-corrected chi connectivity index (χ3v) is 5.19. The lowest BCUT2D eigenvalue weighted by atomic mass is 9.80. The second-order valence-corrected chi connectivity index (χ2v) is 6.26. The number of carboxylic acid groups (broad SMARTS) is 1. The van der Waals surface area contributed by atoms with Crippen LogP contribution in [-0.4, -0.2) is 21.8 Å². The summed E-state index contributed by atoms with van der Waals surface area (Å²) >= 11 is 1.27. The molecule has 19 heavy (non-hydrogen) atoms. The highest BCUT2D eigenvalue weighted by Crippen LogP contribution is 2.39. The Kier molecular flexibility index (Phi) is 4.34. The van der Waals surface area contributed by atoms with Gasteiger partial charge >= 0.3 is 5.97 Å². The molecule has 1 aliphatic rings. The van der Waals surface area contributed by atoms with E-state index in [4.69, 9.17) is 5.11 Å². The quantitative estimate of drug-likeness (QED) is 0.854. The minimum absolute atomic E-state index is 0.0638. The van der Waals surface area contributed by atoms with Crippen molar-refractivity contribution in [2.75, 3.05) is 0 Å². The van der Waals surface area contributed by atoms with Crippen LogP contribution in [0.1, 0.15) is 77.0 Å². The van der Waals surface area contributed by atoms with E-state index < -0.39 is 5.97 Å². The van der Waals surface area contributed by atoms with E-state index in [1.54, 1.807) is 0 Å². The number of carbonyl (C=O) groups is 2. The molecular formula is C14H19NO3S. The largest absolute Gasteiger partial charge is 0.476 e. The number of carbonyl (C=O) groups excluding carboxylic acids is 1. The fourth-order valence-corrected chi connectivity index (χ4v) is 3.88. The van der Waals surface area contributed by atoms with Gasteiger partial charge in [0.1, 0.15) is 4.88 Å².